The summed E-state index contributed by atoms with van der Waals surface area (Å²) in [7, 11) is 0. The Bertz CT molecular complexity index is 1070. The number of nitrogens with two attached hydrogens (primary N) is 1. The van der Waals surface area contributed by atoms with Crippen LogP contribution in [0.15, 0.2) is 0 Å². The van der Waals surface area contributed by atoms with Crippen molar-refractivity contribution in [2.45, 2.75) is 154 Å². The van der Waals surface area contributed by atoms with Crippen molar-refractivity contribution in [2.75, 3.05) is 0 Å². The minimum Gasteiger partial charge on any atom is -0.481 e. The summed E-state index contributed by atoms with van der Waals surface area (Å²) in [5, 5.41) is 67.8. The lowest BCUT2D eigenvalue weighted by Crippen LogP contribution is -2.42. The van der Waals surface area contributed by atoms with Crippen LogP contribution >= 0.6 is 0 Å². The van der Waals surface area contributed by atoms with Crippen molar-refractivity contribution in [1.29, 1.82) is 0 Å². The summed E-state index contributed by atoms with van der Waals surface area (Å²) in [4.78, 5) is 71.6. The summed E-state index contributed by atoms with van der Waals surface area (Å²) in [6.07, 6.45) is -3.74. The second kappa shape index (κ2) is 24.7. The Labute approximate surface area is 293 Å². The number of unbranched alkanes of at least 4 members (excludes halogenated alkanes) is 2. The van der Waals surface area contributed by atoms with E-state index in [-0.39, 0.29) is 25.2 Å². The van der Waals surface area contributed by atoms with Gasteiger partial charge in [-0.25, -0.2) is 0 Å². The second-order valence-corrected chi connectivity index (χ2v) is 13.6. The molecule has 0 rings (SSSR count). The van der Waals surface area contributed by atoms with Crippen LogP contribution < -0.4 is 5.73 Å². The number of rotatable bonds is 29. The van der Waals surface area contributed by atoms with Crippen molar-refractivity contribution in [3.8, 4) is 0 Å². The van der Waals surface area contributed by atoms with Crippen LogP contribution in [-0.4, -0.2) is 108 Å². The predicted molar refractivity (Wildman–Crippen MR) is 178 cm³/mol. The number of esters is 2. The number of hydrogen-bond donors (Lipinski definition) is 8. The smallest absolute Gasteiger partial charge is 0.307 e. The third kappa shape index (κ3) is 21.0. The molecule has 0 radical (unpaired) electrons. The van der Waals surface area contributed by atoms with Gasteiger partial charge in [0, 0.05) is 12.5 Å². The first-order chi connectivity index (χ1) is 23.3. The van der Waals surface area contributed by atoms with Gasteiger partial charge in [0.15, 0.2) is 0 Å². The van der Waals surface area contributed by atoms with Crippen LogP contribution in [0.25, 0.3) is 0 Å². The minimum absolute atomic E-state index is 0.0270. The van der Waals surface area contributed by atoms with Crippen molar-refractivity contribution >= 4 is 35.8 Å². The zero-order valence-electron chi connectivity index (χ0n) is 29.6. The van der Waals surface area contributed by atoms with Crippen LogP contribution in [0.2, 0.25) is 0 Å². The van der Waals surface area contributed by atoms with Crippen LogP contribution in [0.4, 0.5) is 0 Å². The highest BCUT2D eigenvalue weighted by molar-refractivity contribution is 5.83. The lowest BCUT2D eigenvalue weighted by Gasteiger charge is -2.33. The molecule has 0 saturated carbocycles. The fraction of sp³-hybridized carbons (Fsp3) is 0.824. The van der Waals surface area contributed by atoms with Crippen LogP contribution in [0.1, 0.15) is 118 Å². The molecule has 0 aliphatic heterocycles. The van der Waals surface area contributed by atoms with Gasteiger partial charge < -0.3 is 51.0 Å². The first-order valence-corrected chi connectivity index (χ1v) is 17.3. The van der Waals surface area contributed by atoms with E-state index in [1.807, 2.05) is 6.92 Å². The maximum atomic E-state index is 13.0. The van der Waals surface area contributed by atoms with E-state index in [4.69, 9.17) is 25.4 Å². The van der Waals surface area contributed by atoms with Crippen LogP contribution in [0.3, 0.4) is 0 Å². The quantitative estimate of drug-likeness (QED) is 0.0407. The van der Waals surface area contributed by atoms with E-state index in [0.29, 0.717) is 38.5 Å². The molecule has 0 spiro atoms. The highest BCUT2D eigenvalue weighted by atomic mass is 16.6. The normalized spacial score (nSPS) is 17.5. The molecule has 16 nitrogen and oxygen atoms in total. The summed E-state index contributed by atoms with van der Waals surface area (Å²) in [6.45, 7) is 7.06. The Balaban J connectivity index is 5.98. The van der Waals surface area contributed by atoms with Crippen LogP contribution in [0.5, 0.6) is 0 Å². The monoisotopic (exact) mass is 721 g/mol. The van der Waals surface area contributed by atoms with Crippen LogP contribution in [-0.2, 0) is 38.2 Å². The summed E-state index contributed by atoms with van der Waals surface area (Å²) in [5.41, 5.74) is 5.63. The van der Waals surface area contributed by atoms with Crippen molar-refractivity contribution in [3.63, 3.8) is 0 Å². The van der Waals surface area contributed by atoms with Crippen molar-refractivity contribution < 1.29 is 74.0 Å². The molecule has 0 fully saturated rings. The maximum absolute atomic E-state index is 13.0. The molecule has 0 unspecified atom stereocenters. The first-order valence-electron chi connectivity index (χ1n) is 17.3. The van der Waals surface area contributed by atoms with Gasteiger partial charge in [0.1, 0.15) is 12.2 Å². The number of carbonyl (C=O) groups is 6. The van der Waals surface area contributed by atoms with E-state index in [1.165, 1.54) is 0 Å². The Morgan fingerprint density at radius 1 is 0.620 bits per heavy atom. The average Bonchev–Trinajstić information content (AvgIpc) is 2.99. The summed E-state index contributed by atoms with van der Waals surface area (Å²) in [5.74, 6) is -12.0. The zero-order valence-corrected chi connectivity index (χ0v) is 29.6. The Kier molecular flexibility index (Phi) is 23.1. The van der Waals surface area contributed by atoms with Gasteiger partial charge in [0.25, 0.3) is 0 Å². The first kappa shape index (κ1) is 46.7. The minimum atomic E-state index is -1.59. The predicted octanol–water partition coefficient (Wildman–Crippen LogP) is 2.56. The second-order valence-electron chi connectivity index (χ2n) is 13.6. The molecule has 0 aliphatic carbocycles. The molecule has 290 valence electrons. The zero-order chi connectivity index (χ0) is 38.6. The average molecular weight is 722 g/mol. The number of carboxylic acid groups (broad SMARTS) is 4. The van der Waals surface area contributed by atoms with E-state index in [1.54, 1.807) is 20.8 Å². The number of hydrogen-bond acceptors (Lipinski definition) is 12. The molecule has 0 amide bonds. The molecule has 0 heterocycles. The highest BCUT2D eigenvalue weighted by Gasteiger charge is 2.37. The molecule has 10 atom stereocenters. The number of aliphatic hydroxyl groups excluding tert-OH is 3. The fourth-order valence-electron chi connectivity index (χ4n) is 5.68. The van der Waals surface area contributed by atoms with E-state index >= 15 is 0 Å². The van der Waals surface area contributed by atoms with Gasteiger partial charge in [0.2, 0.25) is 0 Å². The van der Waals surface area contributed by atoms with E-state index in [2.05, 4.69) is 0 Å². The topological polar surface area (TPSA) is 289 Å². The van der Waals surface area contributed by atoms with E-state index in [9.17, 15) is 54.3 Å². The van der Waals surface area contributed by atoms with Crippen molar-refractivity contribution in [2.24, 2.45) is 29.4 Å². The molecule has 9 N–H and O–H groups in total. The Morgan fingerprint density at radius 2 is 1.08 bits per heavy atom. The molecule has 16 heteroatoms. The van der Waals surface area contributed by atoms with Gasteiger partial charge in [-0.1, -0.05) is 46.5 Å². The van der Waals surface area contributed by atoms with Gasteiger partial charge in [-0.05, 0) is 50.9 Å². The molecular formula is C34H59NO15. The third-order valence-electron chi connectivity index (χ3n) is 8.61. The number of aliphatic hydroxyl groups is 3. The number of carbonyl (C=O) groups excluding carboxylic acids is 2. The van der Waals surface area contributed by atoms with E-state index < -0.39 is 116 Å². The highest BCUT2D eigenvalue weighted by Crippen LogP contribution is 2.29. The Morgan fingerprint density at radius 3 is 1.50 bits per heavy atom. The third-order valence-corrected chi connectivity index (χ3v) is 8.61. The molecular weight excluding hydrogens is 662 g/mol. The standard InChI is InChI=1S/C34H59NO15/c1-5-6-9-20(3)32(50-31(44)17-23(34(47)48)15-29(41)42)27(49-30(43)16-22(33(45)46)14-28(39)40)13-19(2)12-24(36)10-7-8-11-25(37)18-26(38)21(4)35/h19-27,32,36-38H,5-18,35H2,1-4H3,(H,39,40)(H,41,42)(H,45,46)(H,47,48)/t19-,20-,21-,22+,23-,24-,25-,26+,27+,32-/m0/s1. The van der Waals surface area contributed by atoms with Gasteiger partial charge >= 0.3 is 35.8 Å². The van der Waals surface area contributed by atoms with Crippen molar-refractivity contribution in [3.05, 3.63) is 0 Å². The van der Waals surface area contributed by atoms with E-state index in [0.717, 1.165) is 6.42 Å². The fourth-order valence-corrected chi connectivity index (χ4v) is 5.68. The molecule has 0 bridgehead atoms. The lowest BCUT2D eigenvalue weighted by molar-refractivity contribution is -0.177. The molecule has 0 saturated heterocycles. The molecule has 50 heavy (non-hydrogen) atoms. The summed E-state index contributed by atoms with van der Waals surface area (Å²) >= 11 is 0. The molecule has 0 aromatic heterocycles. The summed E-state index contributed by atoms with van der Waals surface area (Å²) in [6, 6.07) is -0.476. The molecule has 0 aromatic carbocycles. The molecule has 0 aromatic rings. The maximum Gasteiger partial charge on any atom is 0.307 e. The lowest BCUT2D eigenvalue weighted by atomic mass is 9.87. The van der Waals surface area contributed by atoms with Gasteiger partial charge in [0.05, 0.1) is 55.8 Å². The molecule has 0 aliphatic rings. The van der Waals surface area contributed by atoms with Gasteiger partial charge in [-0.3, -0.25) is 28.8 Å². The van der Waals surface area contributed by atoms with Crippen LogP contribution in [0, 0.1) is 23.7 Å². The largest absolute Gasteiger partial charge is 0.481 e. The van der Waals surface area contributed by atoms with Gasteiger partial charge in [-0.2, -0.15) is 0 Å². The van der Waals surface area contributed by atoms with Crippen molar-refractivity contribution in [1.82, 2.24) is 0 Å². The SMILES string of the molecule is CCCC[C@H](C)[C@H](OC(=O)C[C@H](CC(=O)O)C(=O)O)[C@@H](C[C@@H](C)C[C@@H](O)CCCC[C@H](O)C[C@@H](O)[C@H](C)N)OC(=O)C[C@@H](CC(=O)O)C(=O)O. The number of ether oxygens (including phenoxy) is 2. The number of carboxylic acids is 4. The number of aliphatic carboxylic acids is 4. The van der Waals surface area contributed by atoms with Gasteiger partial charge in [-0.15, -0.1) is 0 Å². The Hall–Kier alpha value is -3.34. The summed E-state index contributed by atoms with van der Waals surface area (Å²) < 4.78 is 11.4.